The normalized spacial score (nSPS) is 12.7. The van der Waals surface area contributed by atoms with E-state index in [2.05, 4.69) is 4.98 Å². The maximum absolute atomic E-state index is 10.0. The van der Waals surface area contributed by atoms with Crippen LogP contribution in [0.2, 0.25) is 0 Å². The molecule has 0 aliphatic rings. The van der Waals surface area contributed by atoms with E-state index >= 15 is 0 Å². The van der Waals surface area contributed by atoms with Gasteiger partial charge in [0.25, 0.3) is 0 Å². The van der Waals surface area contributed by atoms with Crippen LogP contribution in [0.15, 0.2) is 35.1 Å². The quantitative estimate of drug-likeness (QED) is 0.859. The number of rotatable bonds is 3. The lowest BCUT2D eigenvalue weighted by Crippen LogP contribution is -2.05. The molecule has 1 unspecified atom stereocenters. The van der Waals surface area contributed by atoms with E-state index < -0.39 is 6.10 Å². The first-order valence-electron chi connectivity index (χ1n) is 5.31. The van der Waals surface area contributed by atoms with Crippen LogP contribution in [0.5, 0.6) is 0 Å². The molecule has 0 aliphatic carbocycles. The van der Waals surface area contributed by atoms with Gasteiger partial charge in [-0.3, -0.25) is 4.98 Å². The SMILES string of the molecule is Cc1cccnc1CC(O)c1occc1C. The molecule has 84 valence electrons. The van der Waals surface area contributed by atoms with E-state index in [4.69, 9.17) is 4.42 Å². The molecule has 0 saturated heterocycles. The average molecular weight is 217 g/mol. The molecule has 2 heterocycles. The lowest BCUT2D eigenvalue weighted by Gasteiger charge is -2.10. The van der Waals surface area contributed by atoms with Crippen LogP contribution in [-0.4, -0.2) is 10.1 Å². The molecule has 2 aromatic heterocycles. The van der Waals surface area contributed by atoms with Gasteiger partial charge >= 0.3 is 0 Å². The summed E-state index contributed by atoms with van der Waals surface area (Å²) in [6.07, 6.45) is 3.20. The van der Waals surface area contributed by atoms with E-state index in [-0.39, 0.29) is 0 Å². The van der Waals surface area contributed by atoms with Gasteiger partial charge in [-0.2, -0.15) is 0 Å². The van der Waals surface area contributed by atoms with E-state index in [1.54, 1.807) is 12.5 Å². The Kier molecular flexibility index (Phi) is 3.06. The third-order valence-electron chi connectivity index (χ3n) is 2.71. The second-order valence-corrected chi connectivity index (χ2v) is 3.95. The maximum Gasteiger partial charge on any atom is 0.135 e. The van der Waals surface area contributed by atoms with Crippen LogP contribution >= 0.6 is 0 Å². The smallest absolute Gasteiger partial charge is 0.135 e. The fourth-order valence-corrected chi connectivity index (χ4v) is 1.73. The zero-order valence-corrected chi connectivity index (χ0v) is 9.47. The third-order valence-corrected chi connectivity index (χ3v) is 2.71. The molecular weight excluding hydrogens is 202 g/mol. The number of furan rings is 1. The van der Waals surface area contributed by atoms with Crippen LogP contribution in [0.25, 0.3) is 0 Å². The molecule has 1 atom stereocenters. The molecule has 3 nitrogen and oxygen atoms in total. The summed E-state index contributed by atoms with van der Waals surface area (Å²) < 4.78 is 5.26. The van der Waals surface area contributed by atoms with Gasteiger partial charge in [0.05, 0.1) is 6.26 Å². The van der Waals surface area contributed by atoms with E-state index in [1.165, 1.54) is 0 Å². The van der Waals surface area contributed by atoms with Crippen molar-refractivity contribution in [3.63, 3.8) is 0 Å². The van der Waals surface area contributed by atoms with Crippen molar-refractivity contribution in [2.24, 2.45) is 0 Å². The second-order valence-electron chi connectivity index (χ2n) is 3.95. The number of nitrogens with zero attached hydrogens (tertiary/aromatic N) is 1. The van der Waals surface area contributed by atoms with Gasteiger partial charge < -0.3 is 9.52 Å². The van der Waals surface area contributed by atoms with Crippen LogP contribution in [0.4, 0.5) is 0 Å². The van der Waals surface area contributed by atoms with Gasteiger partial charge in [0.1, 0.15) is 11.9 Å². The molecule has 0 amide bonds. The Bertz CT molecular complexity index is 476. The average Bonchev–Trinajstić information content (AvgIpc) is 2.68. The lowest BCUT2D eigenvalue weighted by atomic mass is 10.1. The predicted molar refractivity (Wildman–Crippen MR) is 61.1 cm³/mol. The van der Waals surface area contributed by atoms with Crippen LogP contribution in [-0.2, 0) is 6.42 Å². The van der Waals surface area contributed by atoms with Gasteiger partial charge in [-0.1, -0.05) is 6.07 Å². The Labute approximate surface area is 94.8 Å². The van der Waals surface area contributed by atoms with Gasteiger partial charge in [-0.25, -0.2) is 0 Å². The van der Waals surface area contributed by atoms with E-state index in [0.717, 1.165) is 16.8 Å². The largest absolute Gasteiger partial charge is 0.466 e. The second kappa shape index (κ2) is 4.49. The first-order chi connectivity index (χ1) is 7.68. The first-order valence-corrected chi connectivity index (χ1v) is 5.31. The Morgan fingerprint density at radius 2 is 2.12 bits per heavy atom. The highest BCUT2D eigenvalue weighted by molar-refractivity contribution is 5.22. The van der Waals surface area contributed by atoms with Crippen molar-refractivity contribution in [1.29, 1.82) is 0 Å². The lowest BCUT2D eigenvalue weighted by molar-refractivity contribution is 0.148. The molecule has 0 saturated carbocycles. The first kappa shape index (κ1) is 10.9. The van der Waals surface area contributed by atoms with Crippen LogP contribution < -0.4 is 0 Å². The Balaban J connectivity index is 2.17. The summed E-state index contributed by atoms with van der Waals surface area (Å²) in [7, 11) is 0. The number of hydrogen-bond acceptors (Lipinski definition) is 3. The summed E-state index contributed by atoms with van der Waals surface area (Å²) in [5, 5.41) is 10.0. The van der Waals surface area contributed by atoms with Crippen LogP contribution in [0.1, 0.15) is 28.7 Å². The number of aryl methyl sites for hydroxylation is 2. The molecule has 0 fully saturated rings. The van der Waals surface area contributed by atoms with Gasteiger partial charge in [0, 0.05) is 18.3 Å². The summed E-state index contributed by atoms with van der Waals surface area (Å²) in [5.74, 6) is 0.630. The minimum atomic E-state index is -0.622. The molecule has 3 heteroatoms. The maximum atomic E-state index is 10.0. The molecule has 2 aromatic rings. The molecule has 0 aromatic carbocycles. The third kappa shape index (κ3) is 2.14. The summed E-state index contributed by atoms with van der Waals surface area (Å²) in [6, 6.07) is 5.73. The highest BCUT2D eigenvalue weighted by Crippen LogP contribution is 2.22. The van der Waals surface area contributed by atoms with Crippen LogP contribution in [0, 0.1) is 13.8 Å². The monoisotopic (exact) mass is 217 g/mol. The topological polar surface area (TPSA) is 46.3 Å². The molecule has 1 N–H and O–H groups in total. The summed E-state index contributed by atoms with van der Waals surface area (Å²) >= 11 is 0. The standard InChI is InChI=1S/C13H15NO2/c1-9-4-3-6-14-11(9)8-12(15)13-10(2)5-7-16-13/h3-7,12,15H,8H2,1-2H3. The van der Waals surface area contributed by atoms with E-state index in [9.17, 15) is 5.11 Å². The van der Waals surface area contributed by atoms with Crippen LogP contribution in [0.3, 0.4) is 0 Å². The molecule has 2 rings (SSSR count). The number of pyridine rings is 1. The highest BCUT2D eigenvalue weighted by Gasteiger charge is 2.15. The minimum Gasteiger partial charge on any atom is -0.466 e. The highest BCUT2D eigenvalue weighted by atomic mass is 16.4. The summed E-state index contributed by atoms with van der Waals surface area (Å²) in [5.41, 5.74) is 2.97. The number of aliphatic hydroxyl groups excluding tert-OH is 1. The van der Waals surface area contributed by atoms with Crippen molar-refractivity contribution >= 4 is 0 Å². The van der Waals surface area contributed by atoms with Gasteiger partial charge in [-0.15, -0.1) is 0 Å². The Morgan fingerprint density at radius 1 is 1.31 bits per heavy atom. The molecular formula is C13H15NO2. The van der Waals surface area contributed by atoms with E-state index in [1.807, 2.05) is 32.0 Å². The van der Waals surface area contributed by atoms with Gasteiger partial charge in [0.15, 0.2) is 0 Å². The predicted octanol–water partition coefficient (Wildman–Crippen LogP) is 2.57. The van der Waals surface area contributed by atoms with Crippen molar-refractivity contribution in [2.45, 2.75) is 26.4 Å². The molecule has 0 aliphatic heterocycles. The van der Waals surface area contributed by atoms with E-state index in [0.29, 0.717) is 12.2 Å². The minimum absolute atomic E-state index is 0.487. The number of aromatic nitrogens is 1. The van der Waals surface area contributed by atoms with Crippen molar-refractivity contribution in [3.05, 3.63) is 53.2 Å². The zero-order chi connectivity index (χ0) is 11.5. The summed E-state index contributed by atoms with van der Waals surface area (Å²) in [6.45, 7) is 3.91. The van der Waals surface area contributed by atoms with Crippen molar-refractivity contribution < 1.29 is 9.52 Å². The van der Waals surface area contributed by atoms with Gasteiger partial charge in [-0.05, 0) is 37.1 Å². The molecule has 16 heavy (non-hydrogen) atoms. The fourth-order valence-electron chi connectivity index (χ4n) is 1.73. The molecule has 0 radical (unpaired) electrons. The van der Waals surface area contributed by atoms with Crippen molar-refractivity contribution in [1.82, 2.24) is 4.98 Å². The fraction of sp³-hybridized carbons (Fsp3) is 0.308. The van der Waals surface area contributed by atoms with Crippen molar-refractivity contribution in [3.8, 4) is 0 Å². The van der Waals surface area contributed by atoms with Gasteiger partial charge in [0.2, 0.25) is 0 Å². The zero-order valence-electron chi connectivity index (χ0n) is 9.47. The van der Waals surface area contributed by atoms with Crippen molar-refractivity contribution in [2.75, 3.05) is 0 Å². The Hall–Kier alpha value is -1.61. The summed E-state index contributed by atoms with van der Waals surface area (Å²) in [4.78, 5) is 4.26. The molecule has 0 bridgehead atoms. The Morgan fingerprint density at radius 3 is 2.75 bits per heavy atom. The molecule has 0 spiro atoms. The number of hydrogen-bond donors (Lipinski definition) is 1. The number of aliphatic hydroxyl groups is 1.